The smallest absolute Gasteiger partial charge is 0.148 e. The van der Waals surface area contributed by atoms with Gasteiger partial charge in [0.1, 0.15) is 5.82 Å². The van der Waals surface area contributed by atoms with Crippen molar-refractivity contribution in [1.82, 2.24) is 10.2 Å². The molecule has 0 fully saturated rings. The van der Waals surface area contributed by atoms with E-state index in [0.717, 1.165) is 30.0 Å². The molecule has 2 aromatic rings. The predicted octanol–water partition coefficient (Wildman–Crippen LogP) is 4.09. The lowest BCUT2D eigenvalue weighted by Gasteiger charge is -2.13. The number of nitrogens with one attached hydrogen (secondary N) is 1. The van der Waals surface area contributed by atoms with Crippen molar-refractivity contribution in [1.29, 1.82) is 0 Å². The van der Waals surface area contributed by atoms with Crippen LogP contribution in [0.4, 0.5) is 5.82 Å². The van der Waals surface area contributed by atoms with Crippen LogP contribution in [0, 0.1) is 0 Å². The Morgan fingerprint density at radius 2 is 1.84 bits per heavy atom. The van der Waals surface area contributed by atoms with Gasteiger partial charge in [0.05, 0.1) is 5.69 Å². The van der Waals surface area contributed by atoms with Crippen LogP contribution in [0.3, 0.4) is 0 Å². The molecule has 100 valence electrons. The van der Waals surface area contributed by atoms with Crippen molar-refractivity contribution in [3.05, 3.63) is 42.0 Å². The highest BCUT2D eigenvalue weighted by atomic mass is 15.2. The van der Waals surface area contributed by atoms with Gasteiger partial charge in [-0.05, 0) is 24.0 Å². The summed E-state index contributed by atoms with van der Waals surface area (Å²) in [5, 5.41) is 12.0. The number of benzene rings is 1. The Hall–Kier alpha value is -1.90. The molecule has 1 N–H and O–H groups in total. The summed E-state index contributed by atoms with van der Waals surface area (Å²) >= 11 is 0. The van der Waals surface area contributed by atoms with Gasteiger partial charge in [-0.25, -0.2) is 0 Å². The molecule has 2 rings (SSSR count). The lowest BCUT2D eigenvalue weighted by molar-refractivity contribution is 0.843. The van der Waals surface area contributed by atoms with E-state index in [4.69, 9.17) is 0 Å². The highest BCUT2D eigenvalue weighted by Gasteiger charge is 2.12. The molecule has 0 saturated carbocycles. The summed E-state index contributed by atoms with van der Waals surface area (Å²) in [5.41, 5.74) is 3.35. The Kier molecular flexibility index (Phi) is 4.50. The maximum atomic E-state index is 4.41. The van der Waals surface area contributed by atoms with Crippen molar-refractivity contribution in [2.45, 2.75) is 33.1 Å². The Morgan fingerprint density at radius 3 is 2.47 bits per heavy atom. The van der Waals surface area contributed by atoms with Crippen LogP contribution in [-0.4, -0.2) is 16.7 Å². The van der Waals surface area contributed by atoms with E-state index in [9.17, 15) is 0 Å². The first-order chi connectivity index (χ1) is 9.22. The zero-order valence-electron chi connectivity index (χ0n) is 11.9. The molecule has 0 aliphatic carbocycles. The summed E-state index contributed by atoms with van der Waals surface area (Å²) in [6, 6.07) is 12.4. The third kappa shape index (κ3) is 3.31. The highest BCUT2D eigenvalue weighted by Crippen LogP contribution is 2.28. The monoisotopic (exact) mass is 255 g/mol. The first-order valence-electron chi connectivity index (χ1n) is 6.89. The van der Waals surface area contributed by atoms with E-state index in [1.54, 1.807) is 0 Å². The maximum absolute atomic E-state index is 4.41. The molecule has 0 aliphatic rings. The molecule has 3 heteroatoms. The van der Waals surface area contributed by atoms with Gasteiger partial charge in [-0.1, -0.05) is 51.1 Å². The fourth-order valence-electron chi connectivity index (χ4n) is 2.01. The largest absolute Gasteiger partial charge is 0.369 e. The standard InChI is InChI=1S/C16H21N3/c1-4-10-17-15-11-14(12(2)3)16(19-18-15)13-8-6-5-7-9-13/h5-9,11-12H,4,10H2,1-3H3,(H,17,18). The minimum Gasteiger partial charge on any atom is -0.369 e. The number of hydrogen-bond acceptors (Lipinski definition) is 3. The van der Waals surface area contributed by atoms with Crippen LogP contribution in [0.25, 0.3) is 11.3 Å². The molecular weight excluding hydrogens is 234 g/mol. The van der Waals surface area contributed by atoms with Crippen molar-refractivity contribution in [3.8, 4) is 11.3 Å². The summed E-state index contributed by atoms with van der Waals surface area (Å²) in [6.07, 6.45) is 1.08. The van der Waals surface area contributed by atoms with Crippen LogP contribution < -0.4 is 5.32 Å². The summed E-state index contributed by atoms with van der Waals surface area (Å²) in [7, 11) is 0. The van der Waals surface area contributed by atoms with E-state index in [0.29, 0.717) is 5.92 Å². The lowest BCUT2D eigenvalue weighted by atomic mass is 9.98. The molecule has 0 atom stereocenters. The van der Waals surface area contributed by atoms with E-state index in [-0.39, 0.29) is 0 Å². The van der Waals surface area contributed by atoms with Crippen LogP contribution in [-0.2, 0) is 0 Å². The molecule has 3 nitrogen and oxygen atoms in total. The number of rotatable bonds is 5. The molecule has 1 heterocycles. The summed E-state index contributed by atoms with van der Waals surface area (Å²) in [5.74, 6) is 1.29. The second-order valence-corrected chi connectivity index (χ2v) is 4.98. The van der Waals surface area contributed by atoms with Gasteiger partial charge in [0.2, 0.25) is 0 Å². The minimum atomic E-state index is 0.424. The molecule has 0 amide bonds. The van der Waals surface area contributed by atoms with Gasteiger partial charge in [0, 0.05) is 12.1 Å². The van der Waals surface area contributed by atoms with Gasteiger partial charge >= 0.3 is 0 Å². The second kappa shape index (κ2) is 6.32. The lowest BCUT2D eigenvalue weighted by Crippen LogP contribution is -2.06. The Morgan fingerprint density at radius 1 is 1.11 bits per heavy atom. The van der Waals surface area contributed by atoms with E-state index >= 15 is 0 Å². The fraction of sp³-hybridized carbons (Fsp3) is 0.375. The van der Waals surface area contributed by atoms with Crippen molar-refractivity contribution in [3.63, 3.8) is 0 Å². The molecule has 0 unspecified atom stereocenters. The van der Waals surface area contributed by atoms with Gasteiger partial charge in [-0.15, -0.1) is 10.2 Å². The van der Waals surface area contributed by atoms with Crippen molar-refractivity contribution >= 4 is 5.82 Å². The normalized spacial score (nSPS) is 10.7. The molecule has 0 saturated heterocycles. The van der Waals surface area contributed by atoms with Crippen LogP contribution in [0.1, 0.15) is 38.7 Å². The third-order valence-corrected chi connectivity index (χ3v) is 3.05. The van der Waals surface area contributed by atoms with Gasteiger partial charge in [-0.3, -0.25) is 0 Å². The minimum absolute atomic E-state index is 0.424. The molecule has 19 heavy (non-hydrogen) atoms. The molecule has 1 aromatic heterocycles. The molecule has 0 radical (unpaired) electrons. The Labute approximate surface area is 115 Å². The molecular formula is C16H21N3. The molecule has 0 aliphatic heterocycles. The SMILES string of the molecule is CCCNc1cc(C(C)C)c(-c2ccccc2)nn1. The number of hydrogen-bond donors (Lipinski definition) is 1. The molecule has 0 spiro atoms. The summed E-state index contributed by atoms with van der Waals surface area (Å²) in [4.78, 5) is 0. The summed E-state index contributed by atoms with van der Waals surface area (Å²) < 4.78 is 0. The van der Waals surface area contributed by atoms with Gasteiger partial charge in [-0.2, -0.15) is 0 Å². The van der Waals surface area contributed by atoms with E-state index in [1.165, 1.54) is 5.56 Å². The maximum Gasteiger partial charge on any atom is 0.148 e. The molecule has 0 bridgehead atoms. The quantitative estimate of drug-likeness (QED) is 0.874. The van der Waals surface area contributed by atoms with Crippen LogP contribution in [0.15, 0.2) is 36.4 Å². The summed E-state index contributed by atoms with van der Waals surface area (Å²) in [6.45, 7) is 7.44. The molecule has 1 aromatic carbocycles. The van der Waals surface area contributed by atoms with Gasteiger partial charge in [0.25, 0.3) is 0 Å². The second-order valence-electron chi connectivity index (χ2n) is 4.98. The van der Waals surface area contributed by atoms with E-state index in [1.807, 2.05) is 18.2 Å². The topological polar surface area (TPSA) is 37.8 Å². The number of aromatic nitrogens is 2. The van der Waals surface area contributed by atoms with Crippen molar-refractivity contribution < 1.29 is 0 Å². The van der Waals surface area contributed by atoms with Gasteiger partial charge < -0.3 is 5.32 Å². The zero-order chi connectivity index (χ0) is 13.7. The van der Waals surface area contributed by atoms with Crippen LogP contribution >= 0.6 is 0 Å². The third-order valence-electron chi connectivity index (χ3n) is 3.05. The highest BCUT2D eigenvalue weighted by molar-refractivity contribution is 5.64. The Balaban J connectivity index is 2.39. The number of nitrogens with zero attached hydrogens (tertiary/aromatic N) is 2. The fourth-order valence-corrected chi connectivity index (χ4v) is 2.01. The Bertz CT molecular complexity index is 521. The average Bonchev–Trinajstić information content (AvgIpc) is 2.45. The van der Waals surface area contributed by atoms with Gasteiger partial charge in [0.15, 0.2) is 0 Å². The van der Waals surface area contributed by atoms with E-state index < -0.39 is 0 Å². The van der Waals surface area contributed by atoms with Crippen molar-refractivity contribution in [2.24, 2.45) is 0 Å². The van der Waals surface area contributed by atoms with E-state index in [2.05, 4.69) is 54.5 Å². The average molecular weight is 255 g/mol. The van der Waals surface area contributed by atoms with Crippen LogP contribution in [0.2, 0.25) is 0 Å². The predicted molar refractivity (Wildman–Crippen MR) is 80.3 cm³/mol. The zero-order valence-corrected chi connectivity index (χ0v) is 11.9. The first kappa shape index (κ1) is 13.5. The van der Waals surface area contributed by atoms with Crippen LogP contribution in [0.5, 0.6) is 0 Å². The number of anilines is 1. The van der Waals surface area contributed by atoms with Crippen molar-refractivity contribution in [2.75, 3.05) is 11.9 Å². The first-order valence-corrected chi connectivity index (χ1v) is 6.89.